The number of benzene rings is 1. The van der Waals surface area contributed by atoms with Crippen molar-refractivity contribution in [3.8, 4) is 0 Å². The third-order valence-electron chi connectivity index (χ3n) is 4.98. The third-order valence-corrected chi connectivity index (χ3v) is 4.98. The van der Waals surface area contributed by atoms with Crippen molar-refractivity contribution in [3.05, 3.63) is 28.8 Å². The van der Waals surface area contributed by atoms with Gasteiger partial charge < -0.3 is 9.80 Å². The average Bonchev–Trinajstić information content (AvgIpc) is 3.03. The highest BCUT2D eigenvalue weighted by Crippen LogP contribution is 2.38. The second kappa shape index (κ2) is 4.58. The molecule has 0 radical (unpaired) electrons. The second-order valence-electron chi connectivity index (χ2n) is 6.61. The van der Waals surface area contributed by atoms with Gasteiger partial charge in [-0.25, -0.2) is 0 Å². The van der Waals surface area contributed by atoms with Gasteiger partial charge in [0.1, 0.15) is 0 Å². The summed E-state index contributed by atoms with van der Waals surface area (Å²) in [6, 6.07) is 3.96. The summed E-state index contributed by atoms with van der Waals surface area (Å²) in [4.78, 5) is 28.5. The summed E-state index contributed by atoms with van der Waals surface area (Å²) in [6.45, 7) is 4.70. The molecule has 1 saturated heterocycles. The minimum atomic E-state index is 0.137. The number of rotatable bonds is 1. The van der Waals surface area contributed by atoms with Crippen LogP contribution in [0.2, 0.25) is 0 Å². The van der Waals surface area contributed by atoms with Crippen molar-refractivity contribution < 1.29 is 9.59 Å². The highest BCUT2D eigenvalue weighted by Gasteiger charge is 2.35. The number of amides is 2. The number of piperidine rings is 1. The molecule has 0 aliphatic carbocycles. The van der Waals surface area contributed by atoms with Gasteiger partial charge >= 0.3 is 0 Å². The fourth-order valence-electron chi connectivity index (χ4n) is 3.96. The molecule has 1 fully saturated rings. The van der Waals surface area contributed by atoms with Gasteiger partial charge in [0.25, 0.3) is 5.91 Å². The molecular formula is C17H20N2O2. The topological polar surface area (TPSA) is 40.6 Å². The van der Waals surface area contributed by atoms with E-state index < -0.39 is 0 Å². The molecule has 2 amide bonds. The summed E-state index contributed by atoms with van der Waals surface area (Å²) < 4.78 is 0. The SMILES string of the molecule is CC1CCCN(C(=O)c2cc3c4c(c2)CC(=O)N4CC3)C1. The molecule has 21 heavy (non-hydrogen) atoms. The lowest BCUT2D eigenvalue weighted by Gasteiger charge is -2.31. The van der Waals surface area contributed by atoms with Gasteiger partial charge in [-0.05, 0) is 48.4 Å². The van der Waals surface area contributed by atoms with E-state index in [-0.39, 0.29) is 11.8 Å². The van der Waals surface area contributed by atoms with Gasteiger partial charge in [-0.3, -0.25) is 9.59 Å². The summed E-state index contributed by atoms with van der Waals surface area (Å²) in [7, 11) is 0. The van der Waals surface area contributed by atoms with Crippen LogP contribution in [-0.2, 0) is 17.6 Å². The predicted molar refractivity (Wildman–Crippen MR) is 80.5 cm³/mol. The van der Waals surface area contributed by atoms with Gasteiger partial charge in [0.15, 0.2) is 0 Å². The first-order valence-electron chi connectivity index (χ1n) is 7.89. The zero-order chi connectivity index (χ0) is 14.6. The molecule has 4 rings (SSSR count). The zero-order valence-corrected chi connectivity index (χ0v) is 12.4. The maximum absolute atomic E-state index is 12.7. The van der Waals surface area contributed by atoms with Gasteiger partial charge in [-0.1, -0.05) is 6.92 Å². The monoisotopic (exact) mass is 284 g/mol. The summed E-state index contributed by atoms with van der Waals surface area (Å²) in [5, 5.41) is 0. The first kappa shape index (κ1) is 12.9. The van der Waals surface area contributed by atoms with E-state index in [4.69, 9.17) is 0 Å². The molecule has 3 aliphatic heterocycles. The Morgan fingerprint density at radius 3 is 2.86 bits per heavy atom. The molecule has 0 N–H and O–H groups in total. The minimum absolute atomic E-state index is 0.137. The molecule has 3 heterocycles. The Hall–Kier alpha value is -1.84. The third kappa shape index (κ3) is 1.96. The first-order chi connectivity index (χ1) is 10.1. The number of nitrogens with zero attached hydrogens (tertiary/aromatic N) is 2. The molecular weight excluding hydrogens is 264 g/mol. The van der Waals surface area contributed by atoms with Crippen LogP contribution in [0, 0.1) is 5.92 Å². The molecule has 0 saturated carbocycles. The van der Waals surface area contributed by atoms with Gasteiger partial charge in [-0.15, -0.1) is 0 Å². The van der Waals surface area contributed by atoms with Crippen LogP contribution < -0.4 is 4.90 Å². The average molecular weight is 284 g/mol. The number of carbonyl (C=O) groups excluding carboxylic acids is 2. The number of carbonyl (C=O) groups is 2. The van der Waals surface area contributed by atoms with Crippen LogP contribution in [0.25, 0.3) is 0 Å². The van der Waals surface area contributed by atoms with Crippen LogP contribution in [0.3, 0.4) is 0 Å². The van der Waals surface area contributed by atoms with Crippen LogP contribution in [0.5, 0.6) is 0 Å². The Labute approximate surface area is 124 Å². The van der Waals surface area contributed by atoms with E-state index in [0.29, 0.717) is 12.3 Å². The Bertz CT molecular complexity index is 638. The van der Waals surface area contributed by atoms with Gasteiger partial charge in [0.05, 0.1) is 12.1 Å². The number of anilines is 1. The van der Waals surface area contributed by atoms with E-state index in [0.717, 1.165) is 49.3 Å². The van der Waals surface area contributed by atoms with Crippen molar-refractivity contribution in [2.24, 2.45) is 5.92 Å². The van der Waals surface area contributed by atoms with Crippen molar-refractivity contribution in [2.75, 3.05) is 24.5 Å². The molecule has 4 nitrogen and oxygen atoms in total. The summed E-state index contributed by atoms with van der Waals surface area (Å²) in [6.07, 6.45) is 3.64. The molecule has 0 spiro atoms. The Kier molecular flexibility index (Phi) is 2.81. The molecule has 1 aromatic carbocycles. The quantitative estimate of drug-likeness (QED) is 0.791. The van der Waals surface area contributed by atoms with Crippen molar-refractivity contribution in [2.45, 2.75) is 32.6 Å². The fraction of sp³-hybridized carbons (Fsp3) is 0.529. The Morgan fingerprint density at radius 2 is 2.05 bits per heavy atom. The largest absolute Gasteiger partial charge is 0.338 e. The molecule has 110 valence electrons. The van der Waals surface area contributed by atoms with Crippen molar-refractivity contribution in [1.29, 1.82) is 0 Å². The van der Waals surface area contributed by atoms with E-state index >= 15 is 0 Å². The lowest BCUT2D eigenvalue weighted by molar-refractivity contribution is -0.117. The number of hydrogen-bond donors (Lipinski definition) is 0. The van der Waals surface area contributed by atoms with Crippen molar-refractivity contribution in [3.63, 3.8) is 0 Å². The highest BCUT2D eigenvalue weighted by molar-refractivity contribution is 6.05. The predicted octanol–water partition coefficient (Wildman–Crippen LogP) is 2.00. The van der Waals surface area contributed by atoms with Gasteiger partial charge in [0, 0.05) is 25.2 Å². The van der Waals surface area contributed by atoms with Crippen molar-refractivity contribution >= 4 is 17.5 Å². The molecule has 3 aliphatic rings. The van der Waals surface area contributed by atoms with Crippen LogP contribution in [0.1, 0.15) is 41.3 Å². The van der Waals surface area contributed by atoms with Crippen LogP contribution >= 0.6 is 0 Å². The smallest absolute Gasteiger partial charge is 0.253 e. The van der Waals surface area contributed by atoms with E-state index in [2.05, 4.69) is 6.92 Å². The first-order valence-corrected chi connectivity index (χ1v) is 7.89. The molecule has 1 atom stereocenters. The normalized spacial score (nSPS) is 23.7. The van der Waals surface area contributed by atoms with Gasteiger partial charge in [-0.2, -0.15) is 0 Å². The van der Waals surface area contributed by atoms with Gasteiger partial charge in [0.2, 0.25) is 5.91 Å². The zero-order valence-electron chi connectivity index (χ0n) is 12.4. The van der Waals surface area contributed by atoms with E-state index in [1.165, 1.54) is 12.0 Å². The van der Waals surface area contributed by atoms with Crippen LogP contribution in [0.15, 0.2) is 12.1 Å². The lowest BCUT2D eigenvalue weighted by Crippen LogP contribution is -2.39. The number of likely N-dealkylation sites (tertiary alicyclic amines) is 1. The lowest BCUT2D eigenvalue weighted by atomic mass is 9.97. The summed E-state index contributed by atoms with van der Waals surface area (Å²) in [5.41, 5.74) is 4.08. The Balaban J connectivity index is 1.67. The second-order valence-corrected chi connectivity index (χ2v) is 6.61. The van der Waals surface area contributed by atoms with E-state index in [1.54, 1.807) is 0 Å². The van der Waals surface area contributed by atoms with E-state index in [1.807, 2.05) is 21.9 Å². The summed E-state index contributed by atoms with van der Waals surface area (Å²) >= 11 is 0. The molecule has 4 heteroatoms. The maximum atomic E-state index is 12.7. The maximum Gasteiger partial charge on any atom is 0.253 e. The molecule has 0 bridgehead atoms. The van der Waals surface area contributed by atoms with Crippen molar-refractivity contribution in [1.82, 2.24) is 4.90 Å². The number of hydrogen-bond acceptors (Lipinski definition) is 2. The molecule has 0 aromatic heterocycles. The van der Waals surface area contributed by atoms with Crippen LogP contribution in [0.4, 0.5) is 5.69 Å². The summed E-state index contributed by atoms with van der Waals surface area (Å²) in [5.74, 6) is 0.905. The standard InChI is InChI=1S/C17H20N2O2/c1-11-3-2-5-18(10-11)17(21)14-7-12-4-6-19-15(20)9-13(8-14)16(12)19/h7-8,11H,2-6,9-10H2,1H3. The highest BCUT2D eigenvalue weighted by atomic mass is 16.2. The fourth-order valence-corrected chi connectivity index (χ4v) is 3.96. The minimum Gasteiger partial charge on any atom is -0.338 e. The Morgan fingerprint density at radius 1 is 1.24 bits per heavy atom. The van der Waals surface area contributed by atoms with Crippen LogP contribution in [-0.4, -0.2) is 36.3 Å². The molecule has 1 aromatic rings. The van der Waals surface area contributed by atoms with E-state index in [9.17, 15) is 9.59 Å². The molecule has 1 unspecified atom stereocenters.